The lowest BCUT2D eigenvalue weighted by atomic mass is 9.88. The molecule has 4 rings (SSSR count). The minimum atomic E-state index is 0.239. The third kappa shape index (κ3) is 1.15. The Labute approximate surface area is 106 Å². The molecule has 0 radical (unpaired) electrons. The maximum atomic E-state index is 12.1. The van der Waals surface area contributed by atoms with E-state index in [-0.39, 0.29) is 11.9 Å². The largest absolute Gasteiger partial charge is 0.304 e. The van der Waals surface area contributed by atoms with Crippen LogP contribution < -0.4 is 4.90 Å². The first-order valence-corrected chi connectivity index (χ1v) is 6.36. The zero-order chi connectivity index (χ0) is 12.1. The average molecular weight is 235 g/mol. The number of fused-ring (bicyclic) bond motifs is 6. The third-order valence-electron chi connectivity index (χ3n) is 3.99. The molecule has 88 valence electrons. The van der Waals surface area contributed by atoms with Gasteiger partial charge in [0.05, 0.1) is 11.7 Å². The van der Waals surface area contributed by atoms with Crippen LogP contribution in [0.15, 0.2) is 48.5 Å². The summed E-state index contributed by atoms with van der Waals surface area (Å²) in [5.74, 6) is 0.252. The van der Waals surface area contributed by atoms with Gasteiger partial charge in [0.15, 0.2) is 0 Å². The highest BCUT2D eigenvalue weighted by Crippen LogP contribution is 2.48. The molecule has 0 bridgehead atoms. The van der Waals surface area contributed by atoms with Crippen LogP contribution in [0.5, 0.6) is 0 Å². The molecular formula is C16H13NO. The molecule has 1 unspecified atom stereocenters. The van der Waals surface area contributed by atoms with Crippen LogP contribution in [0, 0.1) is 0 Å². The molecule has 0 N–H and O–H groups in total. The Morgan fingerprint density at radius 2 is 1.67 bits per heavy atom. The molecule has 0 saturated carbocycles. The highest BCUT2D eigenvalue weighted by Gasteiger charge is 2.38. The van der Waals surface area contributed by atoms with Crippen molar-refractivity contribution in [3.05, 3.63) is 54.1 Å². The number of benzene rings is 2. The first-order valence-electron chi connectivity index (χ1n) is 6.36. The summed E-state index contributed by atoms with van der Waals surface area (Å²) in [6.45, 7) is 0. The van der Waals surface area contributed by atoms with Crippen molar-refractivity contribution in [2.75, 3.05) is 4.90 Å². The van der Waals surface area contributed by atoms with Crippen LogP contribution in [0.3, 0.4) is 0 Å². The molecule has 18 heavy (non-hydrogen) atoms. The van der Waals surface area contributed by atoms with Crippen molar-refractivity contribution < 1.29 is 4.79 Å². The summed E-state index contributed by atoms with van der Waals surface area (Å²) in [6.07, 6.45) is 1.59. The molecule has 0 spiro atoms. The van der Waals surface area contributed by atoms with Gasteiger partial charge in [0.25, 0.3) is 0 Å². The molecule has 2 heteroatoms. The number of nitrogens with zero attached hydrogens (tertiary/aromatic N) is 1. The zero-order valence-electron chi connectivity index (χ0n) is 9.97. The molecule has 2 aliphatic rings. The van der Waals surface area contributed by atoms with Crippen molar-refractivity contribution in [3.8, 4) is 11.1 Å². The highest BCUT2D eigenvalue weighted by atomic mass is 16.2. The molecular weight excluding hydrogens is 222 g/mol. The van der Waals surface area contributed by atoms with Gasteiger partial charge in [-0.1, -0.05) is 42.5 Å². The van der Waals surface area contributed by atoms with Gasteiger partial charge in [0.2, 0.25) is 5.91 Å². The van der Waals surface area contributed by atoms with E-state index in [4.69, 9.17) is 0 Å². The lowest BCUT2D eigenvalue weighted by Gasteiger charge is -2.33. The first-order chi connectivity index (χ1) is 8.86. The molecule has 1 atom stereocenters. The van der Waals surface area contributed by atoms with Gasteiger partial charge < -0.3 is 4.90 Å². The van der Waals surface area contributed by atoms with Crippen LogP contribution >= 0.6 is 0 Å². The van der Waals surface area contributed by atoms with Gasteiger partial charge in [0.1, 0.15) is 0 Å². The van der Waals surface area contributed by atoms with Gasteiger partial charge >= 0.3 is 0 Å². The maximum Gasteiger partial charge on any atom is 0.227 e. The minimum Gasteiger partial charge on any atom is -0.304 e. The number of rotatable bonds is 0. The molecule has 1 fully saturated rings. The summed E-state index contributed by atoms with van der Waals surface area (Å²) in [5, 5.41) is 0. The van der Waals surface area contributed by atoms with E-state index < -0.39 is 0 Å². The van der Waals surface area contributed by atoms with Crippen molar-refractivity contribution in [1.82, 2.24) is 0 Å². The van der Waals surface area contributed by atoms with Crippen LogP contribution in [0.1, 0.15) is 24.4 Å². The van der Waals surface area contributed by atoms with E-state index in [0.717, 1.165) is 12.1 Å². The third-order valence-corrected chi connectivity index (χ3v) is 3.99. The standard InChI is InChI=1S/C16H13NO/c18-16-10-9-15-13-6-2-1-5-11(13)12-7-3-4-8-14(12)17(15)16/h1-8,15H,9-10H2. The number of carbonyl (C=O) groups is 1. The zero-order valence-corrected chi connectivity index (χ0v) is 9.97. The fraction of sp³-hybridized carbons (Fsp3) is 0.188. The van der Waals surface area contributed by atoms with Gasteiger partial charge in [-0.3, -0.25) is 4.79 Å². The number of anilines is 1. The maximum absolute atomic E-state index is 12.1. The number of hydrogen-bond acceptors (Lipinski definition) is 1. The Balaban J connectivity index is 2.06. The second-order valence-electron chi connectivity index (χ2n) is 4.92. The molecule has 0 aromatic heterocycles. The molecule has 2 aliphatic heterocycles. The second-order valence-corrected chi connectivity index (χ2v) is 4.92. The fourth-order valence-corrected chi connectivity index (χ4v) is 3.22. The highest BCUT2D eigenvalue weighted by molar-refractivity contribution is 6.03. The Bertz CT molecular complexity index is 647. The lowest BCUT2D eigenvalue weighted by Crippen LogP contribution is -2.30. The van der Waals surface area contributed by atoms with Crippen LogP contribution in [0.2, 0.25) is 0 Å². The van der Waals surface area contributed by atoms with E-state index in [1.807, 2.05) is 17.0 Å². The smallest absolute Gasteiger partial charge is 0.227 e. The van der Waals surface area contributed by atoms with Crippen molar-refractivity contribution in [1.29, 1.82) is 0 Å². The minimum absolute atomic E-state index is 0.239. The number of carbonyl (C=O) groups excluding carboxylic acids is 1. The Kier molecular flexibility index (Phi) is 1.90. The van der Waals surface area contributed by atoms with Crippen LogP contribution in [0.25, 0.3) is 11.1 Å². The van der Waals surface area contributed by atoms with Crippen molar-refractivity contribution in [3.63, 3.8) is 0 Å². The summed E-state index contributed by atoms with van der Waals surface area (Å²) in [5.41, 5.74) is 4.83. The summed E-state index contributed by atoms with van der Waals surface area (Å²) in [6, 6.07) is 16.9. The molecule has 2 aromatic rings. The van der Waals surface area contributed by atoms with Crippen molar-refractivity contribution in [2.45, 2.75) is 18.9 Å². The normalized spacial score (nSPS) is 20.3. The summed E-state index contributed by atoms with van der Waals surface area (Å²) < 4.78 is 0. The quantitative estimate of drug-likeness (QED) is 0.684. The van der Waals surface area contributed by atoms with E-state index in [9.17, 15) is 4.79 Å². The van der Waals surface area contributed by atoms with Crippen molar-refractivity contribution in [2.24, 2.45) is 0 Å². The Morgan fingerprint density at radius 3 is 2.56 bits per heavy atom. The fourth-order valence-electron chi connectivity index (χ4n) is 3.22. The van der Waals surface area contributed by atoms with Crippen LogP contribution in [-0.4, -0.2) is 5.91 Å². The van der Waals surface area contributed by atoms with Gasteiger partial charge in [0, 0.05) is 12.0 Å². The second kappa shape index (κ2) is 3.45. The monoisotopic (exact) mass is 235 g/mol. The van der Waals surface area contributed by atoms with E-state index in [2.05, 4.69) is 36.4 Å². The topological polar surface area (TPSA) is 20.3 Å². The van der Waals surface area contributed by atoms with Crippen LogP contribution in [-0.2, 0) is 4.79 Å². The molecule has 1 amide bonds. The number of hydrogen-bond donors (Lipinski definition) is 0. The van der Waals surface area contributed by atoms with Gasteiger partial charge in [-0.05, 0) is 23.6 Å². The lowest BCUT2D eigenvalue weighted by molar-refractivity contribution is -0.117. The van der Waals surface area contributed by atoms with E-state index in [1.54, 1.807) is 0 Å². The van der Waals surface area contributed by atoms with Crippen LogP contribution in [0.4, 0.5) is 5.69 Å². The predicted molar refractivity (Wildman–Crippen MR) is 71.3 cm³/mol. The Hall–Kier alpha value is -2.09. The van der Waals surface area contributed by atoms with E-state index >= 15 is 0 Å². The number of amides is 1. The first kappa shape index (κ1) is 9.89. The average Bonchev–Trinajstić information content (AvgIpc) is 2.82. The van der Waals surface area contributed by atoms with E-state index in [0.29, 0.717) is 6.42 Å². The van der Waals surface area contributed by atoms with Gasteiger partial charge in [-0.25, -0.2) is 0 Å². The molecule has 1 saturated heterocycles. The SMILES string of the molecule is O=C1CCC2c3ccccc3-c3ccccc3N12. The predicted octanol–water partition coefficient (Wildman–Crippen LogP) is 3.54. The summed E-state index contributed by atoms with van der Waals surface area (Å²) >= 11 is 0. The molecule has 0 aliphatic carbocycles. The van der Waals surface area contributed by atoms with Crippen molar-refractivity contribution >= 4 is 11.6 Å². The Morgan fingerprint density at radius 1 is 0.944 bits per heavy atom. The molecule has 2 heterocycles. The molecule has 2 aromatic carbocycles. The summed E-state index contributed by atoms with van der Waals surface area (Å²) in [7, 11) is 0. The van der Waals surface area contributed by atoms with Gasteiger partial charge in [-0.15, -0.1) is 0 Å². The number of para-hydroxylation sites is 1. The van der Waals surface area contributed by atoms with Gasteiger partial charge in [-0.2, -0.15) is 0 Å². The van der Waals surface area contributed by atoms with E-state index in [1.165, 1.54) is 16.7 Å². The summed E-state index contributed by atoms with van der Waals surface area (Å²) in [4.78, 5) is 14.1. The molecule has 2 nitrogen and oxygen atoms in total.